The molecule has 0 aliphatic carbocycles. The zero-order chi connectivity index (χ0) is 15.2. The van der Waals surface area contributed by atoms with E-state index in [1.165, 1.54) is 0 Å². The zero-order valence-electron chi connectivity index (χ0n) is 12.1. The van der Waals surface area contributed by atoms with Crippen LogP contribution < -0.4 is 20.3 Å². The van der Waals surface area contributed by atoms with Crippen molar-refractivity contribution in [1.29, 1.82) is 0 Å². The molecule has 2 rings (SSSR count). The second kappa shape index (κ2) is 6.56. The maximum absolute atomic E-state index is 11.9. The summed E-state index contributed by atoms with van der Waals surface area (Å²) in [7, 11) is 5.26. The van der Waals surface area contributed by atoms with E-state index in [4.69, 9.17) is 4.74 Å². The van der Waals surface area contributed by atoms with Crippen molar-refractivity contribution < 1.29 is 9.53 Å². The molecule has 0 radical (unpaired) electrons. The first-order valence-electron chi connectivity index (χ1n) is 6.30. The van der Waals surface area contributed by atoms with Crippen LogP contribution in [0.2, 0.25) is 0 Å². The van der Waals surface area contributed by atoms with Gasteiger partial charge in [-0.05, 0) is 12.1 Å². The fourth-order valence-electron chi connectivity index (χ4n) is 1.61. The minimum absolute atomic E-state index is 0.371. The summed E-state index contributed by atoms with van der Waals surface area (Å²) in [5, 5.41) is 5.37. The Labute approximate surface area is 123 Å². The van der Waals surface area contributed by atoms with E-state index in [0.717, 1.165) is 0 Å². The maximum atomic E-state index is 11.9. The molecule has 1 aromatic carbocycles. The summed E-state index contributed by atoms with van der Waals surface area (Å²) in [6.07, 6.45) is 3.10. The molecule has 0 saturated heterocycles. The Morgan fingerprint density at radius 1 is 1.14 bits per heavy atom. The number of nitrogens with zero attached hydrogens (tertiary/aromatic N) is 3. The molecule has 7 heteroatoms. The van der Waals surface area contributed by atoms with Crippen molar-refractivity contribution in [2.75, 3.05) is 36.7 Å². The molecule has 0 aliphatic heterocycles. The Morgan fingerprint density at radius 3 is 2.43 bits per heavy atom. The van der Waals surface area contributed by atoms with Gasteiger partial charge in [0, 0.05) is 25.8 Å². The number of amides is 2. The number of hydrogen-bond donors (Lipinski definition) is 2. The normalized spacial score (nSPS) is 9.86. The topological polar surface area (TPSA) is 79.4 Å². The number of methoxy groups -OCH3 is 1. The highest BCUT2D eigenvalue weighted by Gasteiger charge is 2.05. The average molecular weight is 287 g/mol. The molecule has 0 spiro atoms. The summed E-state index contributed by atoms with van der Waals surface area (Å²) in [5.74, 6) is 1.25. The lowest BCUT2D eigenvalue weighted by Crippen LogP contribution is -2.20. The van der Waals surface area contributed by atoms with Gasteiger partial charge in [-0.3, -0.25) is 0 Å². The largest absolute Gasteiger partial charge is 0.497 e. The van der Waals surface area contributed by atoms with Crippen molar-refractivity contribution in [3.8, 4) is 5.75 Å². The average Bonchev–Trinajstić information content (AvgIpc) is 2.47. The zero-order valence-corrected chi connectivity index (χ0v) is 12.1. The maximum Gasteiger partial charge on any atom is 0.323 e. The van der Waals surface area contributed by atoms with Gasteiger partial charge in [0.25, 0.3) is 0 Å². The number of nitrogens with one attached hydrogen (secondary N) is 2. The number of rotatable bonds is 4. The van der Waals surface area contributed by atoms with Gasteiger partial charge in [0.1, 0.15) is 5.75 Å². The van der Waals surface area contributed by atoms with Crippen LogP contribution in [0.4, 0.5) is 22.1 Å². The summed E-state index contributed by atoms with van der Waals surface area (Å²) in [5.41, 5.74) is 1.15. The molecular formula is C14H17N5O2. The minimum atomic E-state index is -0.371. The van der Waals surface area contributed by atoms with E-state index in [0.29, 0.717) is 23.1 Å². The van der Waals surface area contributed by atoms with E-state index < -0.39 is 0 Å². The van der Waals surface area contributed by atoms with E-state index in [-0.39, 0.29) is 6.03 Å². The molecule has 1 heterocycles. The van der Waals surface area contributed by atoms with Crippen molar-refractivity contribution in [2.24, 2.45) is 0 Å². The molecular weight excluding hydrogens is 270 g/mol. The summed E-state index contributed by atoms with van der Waals surface area (Å²) in [6, 6.07) is 6.73. The summed E-state index contributed by atoms with van der Waals surface area (Å²) in [6.45, 7) is 0. The number of carbonyl (C=O) groups excluding carboxylic acids is 1. The van der Waals surface area contributed by atoms with Gasteiger partial charge in [-0.25, -0.2) is 14.8 Å². The van der Waals surface area contributed by atoms with Gasteiger partial charge in [0.05, 0.1) is 25.2 Å². The minimum Gasteiger partial charge on any atom is -0.497 e. The van der Waals surface area contributed by atoms with Gasteiger partial charge in [-0.1, -0.05) is 6.07 Å². The molecule has 1 aromatic heterocycles. The third kappa shape index (κ3) is 4.07. The first kappa shape index (κ1) is 14.6. The van der Waals surface area contributed by atoms with Crippen LogP contribution in [0.1, 0.15) is 0 Å². The van der Waals surface area contributed by atoms with Crippen molar-refractivity contribution in [1.82, 2.24) is 9.97 Å². The third-order valence-corrected chi connectivity index (χ3v) is 2.62. The van der Waals surface area contributed by atoms with Crippen LogP contribution in [-0.4, -0.2) is 37.2 Å². The highest BCUT2D eigenvalue weighted by atomic mass is 16.5. The van der Waals surface area contributed by atoms with Crippen LogP contribution in [0.3, 0.4) is 0 Å². The molecule has 0 fully saturated rings. The van der Waals surface area contributed by atoms with E-state index in [9.17, 15) is 4.79 Å². The Kier molecular flexibility index (Phi) is 4.55. The Bertz CT molecular complexity index is 613. The Hall–Kier alpha value is -2.83. The van der Waals surface area contributed by atoms with Crippen molar-refractivity contribution in [3.63, 3.8) is 0 Å². The molecule has 2 aromatic rings. The number of ether oxygens (including phenoxy) is 1. The number of hydrogen-bond acceptors (Lipinski definition) is 5. The second-order valence-electron chi connectivity index (χ2n) is 4.48. The Balaban J connectivity index is 1.97. The number of anilines is 3. The number of aromatic nitrogens is 2. The lowest BCUT2D eigenvalue weighted by molar-refractivity contribution is 0.262. The molecule has 0 aliphatic rings. The number of urea groups is 1. The first-order valence-corrected chi connectivity index (χ1v) is 6.30. The lowest BCUT2D eigenvalue weighted by Gasteiger charge is -2.11. The van der Waals surface area contributed by atoms with Crippen LogP contribution in [0.15, 0.2) is 36.7 Å². The van der Waals surface area contributed by atoms with E-state index in [2.05, 4.69) is 20.6 Å². The molecule has 21 heavy (non-hydrogen) atoms. The highest BCUT2D eigenvalue weighted by Crippen LogP contribution is 2.17. The fourth-order valence-corrected chi connectivity index (χ4v) is 1.61. The smallest absolute Gasteiger partial charge is 0.323 e. The summed E-state index contributed by atoms with van der Waals surface area (Å²) >= 11 is 0. The Morgan fingerprint density at radius 2 is 1.81 bits per heavy atom. The summed E-state index contributed by atoms with van der Waals surface area (Å²) in [4.78, 5) is 21.9. The third-order valence-electron chi connectivity index (χ3n) is 2.62. The predicted molar refractivity (Wildman–Crippen MR) is 82.0 cm³/mol. The van der Waals surface area contributed by atoms with Crippen LogP contribution in [0.5, 0.6) is 5.75 Å². The first-order chi connectivity index (χ1) is 10.1. The molecule has 110 valence electrons. The van der Waals surface area contributed by atoms with Crippen LogP contribution in [-0.2, 0) is 0 Å². The summed E-state index contributed by atoms with van der Waals surface area (Å²) < 4.78 is 5.09. The van der Waals surface area contributed by atoms with Gasteiger partial charge >= 0.3 is 6.03 Å². The fraction of sp³-hybridized carbons (Fsp3) is 0.214. The molecule has 7 nitrogen and oxygen atoms in total. The lowest BCUT2D eigenvalue weighted by atomic mass is 10.3. The second-order valence-corrected chi connectivity index (χ2v) is 4.48. The van der Waals surface area contributed by atoms with Crippen molar-refractivity contribution in [3.05, 3.63) is 36.7 Å². The van der Waals surface area contributed by atoms with Crippen LogP contribution in [0, 0.1) is 0 Å². The van der Waals surface area contributed by atoms with Gasteiger partial charge in [0.2, 0.25) is 5.95 Å². The van der Waals surface area contributed by atoms with Crippen molar-refractivity contribution in [2.45, 2.75) is 0 Å². The SMILES string of the molecule is COc1cccc(NC(=O)Nc2cnc(N(C)C)nc2)c1. The molecule has 2 N–H and O–H groups in total. The van der Waals surface area contributed by atoms with Gasteiger partial charge in [-0.15, -0.1) is 0 Å². The quantitative estimate of drug-likeness (QED) is 0.901. The van der Waals surface area contributed by atoms with Gasteiger partial charge < -0.3 is 20.3 Å². The number of benzene rings is 1. The van der Waals surface area contributed by atoms with Crippen LogP contribution in [0.25, 0.3) is 0 Å². The van der Waals surface area contributed by atoms with Gasteiger partial charge in [-0.2, -0.15) is 0 Å². The molecule has 0 saturated carbocycles. The molecule has 0 bridgehead atoms. The molecule has 0 unspecified atom stereocenters. The van der Waals surface area contributed by atoms with Crippen molar-refractivity contribution >= 4 is 23.4 Å². The van der Waals surface area contributed by atoms with E-state index in [1.807, 2.05) is 14.1 Å². The highest BCUT2D eigenvalue weighted by molar-refractivity contribution is 5.99. The standard InChI is InChI=1S/C14H17N5O2/c1-19(2)13-15-8-11(9-16-13)18-14(20)17-10-5-4-6-12(7-10)21-3/h4-9H,1-3H3,(H2,17,18,20). The van der Waals surface area contributed by atoms with Crippen LogP contribution >= 0.6 is 0 Å². The van der Waals surface area contributed by atoms with E-state index in [1.54, 1.807) is 48.7 Å². The monoisotopic (exact) mass is 287 g/mol. The molecule has 0 atom stereocenters. The predicted octanol–water partition coefficient (Wildman–Crippen LogP) is 2.20. The number of carbonyl (C=O) groups is 1. The molecule has 2 amide bonds. The van der Waals surface area contributed by atoms with Gasteiger partial charge in [0.15, 0.2) is 0 Å². The van der Waals surface area contributed by atoms with E-state index >= 15 is 0 Å².